The summed E-state index contributed by atoms with van der Waals surface area (Å²) in [6.07, 6.45) is 0. The quantitative estimate of drug-likeness (QED) is 0.228. The molecule has 0 N–H and O–H groups in total. The van der Waals surface area contributed by atoms with E-state index in [1.165, 1.54) is 21.3 Å². The summed E-state index contributed by atoms with van der Waals surface area (Å²) >= 11 is -3.34. The van der Waals surface area contributed by atoms with Gasteiger partial charge in [-0.1, -0.05) is 18.2 Å². The molecule has 3 aromatic carbocycles. The van der Waals surface area contributed by atoms with Crippen molar-refractivity contribution in [3.63, 3.8) is 0 Å². The minimum absolute atomic E-state index is 0.160. The van der Waals surface area contributed by atoms with Crippen molar-refractivity contribution in [1.82, 2.24) is 0 Å². The summed E-state index contributed by atoms with van der Waals surface area (Å²) in [7, 11) is 3.79. The molecule has 3 aromatic rings. The fourth-order valence-corrected chi connectivity index (χ4v) is 4.75. The third-order valence-corrected chi connectivity index (χ3v) is 6.64. The number of rotatable bonds is 9. The highest BCUT2D eigenvalue weighted by atomic mass is 27.3. The number of benzene rings is 3. The molecule has 3 rings (SSSR count). The minimum atomic E-state index is -3.34. The van der Waals surface area contributed by atoms with Gasteiger partial charge in [0.2, 0.25) is 0 Å². The Bertz CT molecular complexity index is 1160. The Hall–Kier alpha value is -4.00. The first-order chi connectivity index (χ1) is 17.7. The molecule has 37 heavy (non-hydrogen) atoms. The van der Waals surface area contributed by atoms with Crippen molar-refractivity contribution in [2.24, 2.45) is 0 Å². The molecule has 0 amide bonds. The Morgan fingerprint density at radius 2 is 0.784 bits per heavy atom. The Morgan fingerprint density at radius 3 is 1.03 bits per heavy atom. The molecule has 0 aliphatic rings. The average molecular weight is 522 g/mol. The van der Waals surface area contributed by atoms with E-state index in [2.05, 4.69) is 0 Å². The number of ether oxygens (including phenoxy) is 3. The molecule has 0 saturated heterocycles. The summed E-state index contributed by atoms with van der Waals surface area (Å²) < 4.78 is 33.2. The standard InChI is InChI=1S/3C9H10O3.Al/c3*1-6-3-4-7(8(10)5-6)9(11)12-2;/h3*3-5,10H,1-2H3;/q;;;+3/p-3. The second-order valence-electron chi connectivity index (χ2n) is 8.12. The van der Waals surface area contributed by atoms with Crippen LogP contribution in [0, 0.1) is 20.8 Å². The van der Waals surface area contributed by atoms with Gasteiger partial charge in [0.05, 0.1) is 38.0 Å². The number of hydrogen-bond donors (Lipinski definition) is 0. The first-order valence-corrected chi connectivity index (χ1v) is 12.6. The maximum atomic E-state index is 12.4. The lowest BCUT2D eigenvalue weighted by Gasteiger charge is -2.21. The number of aryl methyl sites for hydroxylation is 3. The zero-order valence-electron chi connectivity index (χ0n) is 21.4. The highest BCUT2D eigenvalue weighted by Gasteiger charge is 2.47. The van der Waals surface area contributed by atoms with Gasteiger partial charge < -0.3 is 25.6 Å². The topological polar surface area (TPSA) is 107 Å². The number of carbonyl (C=O) groups is 3. The van der Waals surface area contributed by atoms with Gasteiger partial charge in [-0.2, -0.15) is 0 Å². The van der Waals surface area contributed by atoms with Gasteiger partial charge in [0.15, 0.2) is 0 Å². The van der Waals surface area contributed by atoms with Crippen LogP contribution in [0.2, 0.25) is 0 Å². The van der Waals surface area contributed by atoms with E-state index < -0.39 is 33.1 Å². The van der Waals surface area contributed by atoms with Crippen LogP contribution in [-0.4, -0.2) is 54.4 Å². The largest absolute Gasteiger partial charge is 1.20 e. The first kappa shape index (κ1) is 27.6. The van der Waals surface area contributed by atoms with Crippen LogP contribution in [0.5, 0.6) is 17.2 Å². The molecule has 0 aromatic heterocycles. The van der Waals surface area contributed by atoms with Gasteiger partial charge >= 0.3 is 33.1 Å². The van der Waals surface area contributed by atoms with Gasteiger partial charge in [-0.3, -0.25) is 0 Å². The summed E-state index contributed by atoms with van der Waals surface area (Å²) in [5.74, 6) is -1.33. The lowest BCUT2D eigenvalue weighted by molar-refractivity contribution is 0.0590. The van der Waals surface area contributed by atoms with E-state index in [4.69, 9.17) is 25.6 Å². The molecule has 0 bridgehead atoms. The third-order valence-electron chi connectivity index (χ3n) is 5.30. The van der Waals surface area contributed by atoms with Gasteiger partial charge in [-0.15, -0.1) is 0 Å². The van der Waals surface area contributed by atoms with Gasteiger partial charge in [-0.25, -0.2) is 14.4 Å². The average Bonchev–Trinajstić information content (AvgIpc) is 2.87. The van der Waals surface area contributed by atoms with Crippen LogP contribution in [0.25, 0.3) is 0 Å². The van der Waals surface area contributed by atoms with E-state index in [0.717, 1.165) is 16.7 Å². The van der Waals surface area contributed by atoms with Crippen molar-refractivity contribution in [3.05, 3.63) is 88.0 Å². The molecule has 192 valence electrons. The second kappa shape index (κ2) is 12.3. The van der Waals surface area contributed by atoms with Crippen molar-refractivity contribution in [1.29, 1.82) is 0 Å². The number of hydrogen-bond acceptors (Lipinski definition) is 9. The van der Waals surface area contributed by atoms with Crippen molar-refractivity contribution in [3.8, 4) is 17.2 Å². The van der Waals surface area contributed by atoms with E-state index in [1.807, 2.05) is 20.8 Å². The van der Waals surface area contributed by atoms with E-state index in [9.17, 15) is 14.4 Å². The number of esters is 3. The summed E-state index contributed by atoms with van der Waals surface area (Å²) in [5.41, 5.74) is 2.92. The zero-order valence-corrected chi connectivity index (χ0v) is 22.6. The van der Waals surface area contributed by atoms with Crippen LogP contribution in [-0.2, 0) is 14.2 Å². The summed E-state index contributed by atoms with van der Waals surface area (Å²) in [5, 5.41) is 0. The summed E-state index contributed by atoms with van der Waals surface area (Å²) in [6.45, 7) is 5.49. The lowest BCUT2D eigenvalue weighted by Crippen LogP contribution is -2.38. The van der Waals surface area contributed by atoms with E-state index in [1.54, 1.807) is 54.6 Å². The van der Waals surface area contributed by atoms with Gasteiger partial charge in [0.25, 0.3) is 0 Å². The van der Waals surface area contributed by atoms with Gasteiger partial charge in [0.1, 0.15) is 17.2 Å². The molecule has 0 aliphatic heterocycles. The van der Waals surface area contributed by atoms with E-state index >= 15 is 0 Å². The van der Waals surface area contributed by atoms with Crippen molar-refractivity contribution < 1.29 is 40.0 Å². The minimum Gasteiger partial charge on any atom is -0.577 e. The number of methoxy groups -OCH3 is 3. The van der Waals surface area contributed by atoms with Crippen LogP contribution in [0.1, 0.15) is 47.8 Å². The molecule has 0 unspecified atom stereocenters. The highest BCUT2D eigenvalue weighted by molar-refractivity contribution is 6.40. The summed E-state index contributed by atoms with van der Waals surface area (Å²) in [6, 6.07) is 14.9. The van der Waals surface area contributed by atoms with Crippen LogP contribution >= 0.6 is 0 Å². The Labute approximate surface area is 220 Å². The van der Waals surface area contributed by atoms with Gasteiger partial charge in [0, 0.05) is 0 Å². The van der Waals surface area contributed by atoms with Crippen molar-refractivity contribution >= 4 is 33.1 Å². The Balaban J connectivity index is 2.11. The second-order valence-corrected chi connectivity index (χ2v) is 9.40. The predicted octanol–water partition coefficient (Wildman–Crippen LogP) is 4.49. The van der Waals surface area contributed by atoms with Crippen LogP contribution in [0.15, 0.2) is 54.6 Å². The molecule has 0 heterocycles. The van der Waals surface area contributed by atoms with Crippen molar-refractivity contribution in [2.75, 3.05) is 21.3 Å². The van der Waals surface area contributed by atoms with E-state index in [-0.39, 0.29) is 33.9 Å². The van der Waals surface area contributed by atoms with Crippen LogP contribution in [0.3, 0.4) is 0 Å². The van der Waals surface area contributed by atoms with Crippen LogP contribution < -0.4 is 11.4 Å². The van der Waals surface area contributed by atoms with Crippen molar-refractivity contribution in [2.45, 2.75) is 20.8 Å². The highest BCUT2D eigenvalue weighted by Crippen LogP contribution is 2.28. The molecule has 10 heteroatoms. The Morgan fingerprint density at radius 1 is 0.514 bits per heavy atom. The monoisotopic (exact) mass is 522 g/mol. The molecule has 0 spiro atoms. The maximum absolute atomic E-state index is 12.4. The summed E-state index contributed by atoms with van der Waals surface area (Å²) in [4.78, 5) is 37.2. The molecule has 0 aliphatic carbocycles. The maximum Gasteiger partial charge on any atom is 1.20 e. The normalized spacial score (nSPS) is 10.2. The molecule has 0 fully saturated rings. The smallest absolute Gasteiger partial charge is 0.577 e. The zero-order chi connectivity index (χ0) is 27.1. The SMILES string of the molecule is COC(=O)c1ccc(C)cc1[O][Al]([O]c1cc(C)ccc1C(=O)OC)[O]c1cc(C)ccc1C(=O)OC. The number of carbonyl (C=O) groups excluding carboxylic acids is 3. The molecular formula is C27H27AlO9. The van der Waals surface area contributed by atoms with Gasteiger partial charge in [-0.05, 0) is 73.9 Å². The lowest BCUT2D eigenvalue weighted by atomic mass is 10.1. The first-order valence-electron chi connectivity index (χ1n) is 11.2. The molecule has 0 radical (unpaired) electrons. The molecule has 0 atom stereocenters. The molecular weight excluding hydrogens is 495 g/mol. The van der Waals surface area contributed by atoms with Crippen LogP contribution in [0.4, 0.5) is 0 Å². The molecule has 0 saturated carbocycles. The Kier molecular flexibility index (Phi) is 9.17. The predicted molar refractivity (Wildman–Crippen MR) is 135 cm³/mol. The molecule has 9 nitrogen and oxygen atoms in total. The fraction of sp³-hybridized carbons (Fsp3) is 0.222. The van der Waals surface area contributed by atoms with E-state index in [0.29, 0.717) is 0 Å². The third kappa shape index (κ3) is 6.82. The fourth-order valence-electron chi connectivity index (χ4n) is 3.40.